The van der Waals surface area contributed by atoms with E-state index >= 15 is 0 Å². The Hall–Kier alpha value is -1.89. The molecule has 6 rings (SSSR count). The molecule has 4 bridgehead atoms. The van der Waals surface area contributed by atoms with Gasteiger partial charge in [0.15, 0.2) is 5.89 Å². The van der Waals surface area contributed by atoms with Crippen molar-refractivity contribution in [1.82, 2.24) is 14.8 Å². The molecule has 2 unspecified atom stereocenters. The predicted octanol–water partition coefficient (Wildman–Crippen LogP) is 1.30. The Kier molecular flexibility index (Phi) is 3.64. The second-order valence-corrected chi connectivity index (χ2v) is 8.35. The first-order valence-electron chi connectivity index (χ1n) is 9.70. The monoisotopic (exact) mass is 359 g/mol. The fraction of sp³-hybridized carbons (Fsp3) is 0.737. The van der Waals surface area contributed by atoms with Gasteiger partial charge in [0.1, 0.15) is 11.4 Å². The highest BCUT2D eigenvalue weighted by atomic mass is 16.5. The van der Waals surface area contributed by atoms with E-state index in [0.29, 0.717) is 30.7 Å². The zero-order valence-corrected chi connectivity index (χ0v) is 15.1. The summed E-state index contributed by atoms with van der Waals surface area (Å²) in [5, 5.41) is 0. The SMILES string of the molecule is Cc1ncc(CC(=O)N2CC3CCCC(C2)N3C(=O)C23CC(CO2)C3)o1. The summed E-state index contributed by atoms with van der Waals surface area (Å²) < 4.78 is 11.3. The van der Waals surface area contributed by atoms with Gasteiger partial charge in [0, 0.05) is 32.1 Å². The molecule has 0 radical (unpaired) electrons. The number of likely N-dealkylation sites (tertiary alicyclic amines) is 1. The van der Waals surface area contributed by atoms with E-state index in [4.69, 9.17) is 9.15 Å². The van der Waals surface area contributed by atoms with Gasteiger partial charge in [-0.25, -0.2) is 4.98 Å². The summed E-state index contributed by atoms with van der Waals surface area (Å²) in [5.41, 5.74) is -0.540. The van der Waals surface area contributed by atoms with Crippen LogP contribution >= 0.6 is 0 Å². The molecule has 5 heterocycles. The average molecular weight is 359 g/mol. The Morgan fingerprint density at radius 2 is 2.00 bits per heavy atom. The van der Waals surface area contributed by atoms with Crippen LogP contribution in [0.2, 0.25) is 0 Å². The lowest BCUT2D eigenvalue weighted by Gasteiger charge is -2.53. The van der Waals surface area contributed by atoms with Crippen molar-refractivity contribution in [2.24, 2.45) is 5.92 Å². The number of ether oxygens (including phenoxy) is 1. The predicted molar refractivity (Wildman–Crippen MR) is 91.2 cm³/mol. The van der Waals surface area contributed by atoms with Gasteiger partial charge in [-0.05, 0) is 38.0 Å². The van der Waals surface area contributed by atoms with Crippen molar-refractivity contribution in [2.45, 2.75) is 63.1 Å². The van der Waals surface area contributed by atoms with E-state index in [9.17, 15) is 9.59 Å². The standard InChI is InChI=1S/C19H25N3O4/c1-12-20-8-16(26-12)5-17(23)21-9-14-3-2-4-15(10-21)22(14)18(24)19-6-13(7-19)11-25-19/h8,13-15H,2-7,9-11H2,1H3. The number of fused-ring (bicyclic) bond motifs is 3. The molecular weight excluding hydrogens is 334 g/mol. The highest BCUT2D eigenvalue weighted by Gasteiger charge is 2.60. The van der Waals surface area contributed by atoms with Gasteiger partial charge in [-0.15, -0.1) is 0 Å². The summed E-state index contributed by atoms with van der Waals surface area (Å²) in [6.45, 7) is 3.75. The minimum Gasteiger partial charge on any atom is -0.446 e. The van der Waals surface area contributed by atoms with Crippen molar-refractivity contribution in [2.75, 3.05) is 19.7 Å². The molecule has 1 aromatic rings. The van der Waals surface area contributed by atoms with Crippen molar-refractivity contribution >= 4 is 11.8 Å². The maximum Gasteiger partial charge on any atom is 0.255 e. The number of nitrogens with zero attached hydrogens (tertiary/aromatic N) is 3. The Morgan fingerprint density at radius 3 is 2.58 bits per heavy atom. The van der Waals surface area contributed by atoms with Gasteiger partial charge in [-0.1, -0.05) is 0 Å². The highest BCUT2D eigenvalue weighted by Crippen LogP contribution is 2.50. The number of hydrogen-bond donors (Lipinski definition) is 0. The quantitative estimate of drug-likeness (QED) is 0.813. The third-order valence-corrected chi connectivity index (χ3v) is 6.53. The van der Waals surface area contributed by atoms with E-state index in [-0.39, 0.29) is 30.3 Å². The molecule has 5 fully saturated rings. The normalized spacial score (nSPS) is 35.3. The summed E-state index contributed by atoms with van der Waals surface area (Å²) in [6.07, 6.45) is 6.68. The molecule has 7 heteroatoms. The third-order valence-electron chi connectivity index (χ3n) is 6.53. The van der Waals surface area contributed by atoms with Crippen LogP contribution < -0.4 is 0 Å². The number of carbonyl (C=O) groups is 2. The Balaban J connectivity index is 1.29. The van der Waals surface area contributed by atoms with E-state index in [2.05, 4.69) is 9.88 Å². The minimum atomic E-state index is -0.540. The molecule has 0 spiro atoms. The number of hydrogen-bond acceptors (Lipinski definition) is 5. The van der Waals surface area contributed by atoms with Crippen LogP contribution in [0.4, 0.5) is 0 Å². The largest absolute Gasteiger partial charge is 0.446 e. The number of carbonyl (C=O) groups excluding carboxylic acids is 2. The van der Waals surface area contributed by atoms with Crippen LogP contribution in [0.1, 0.15) is 43.8 Å². The van der Waals surface area contributed by atoms with Crippen LogP contribution in [0.5, 0.6) is 0 Å². The first-order chi connectivity index (χ1) is 12.5. The number of rotatable bonds is 3. The van der Waals surface area contributed by atoms with Gasteiger partial charge in [0.2, 0.25) is 5.91 Å². The minimum absolute atomic E-state index is 0.0594. The van der Waals surface area contributed by atoms with Crippen LogP contribution in [-0.2, 0) is 20.7 Å². The lowest BCUT2D eigenvalue weighted by molar-refractivity contribution is -0.169. The lowest BCUT2D eigenvalue weighted by atomic mass is 9.72. The molecule has 4 aliphatic heterocycles. The number of aromatic nitrogens is 1. The Morgan fingerprint density at radius 1 is 1.27 bits per heavy atom. The van der Waals surface area contributed by atoms with Crippen molar-refractivity contribution in [3.05, 3.63) is 17.8 Å². The van der Waals surface area contributed by atoms with Gasteiger partial charge in [-0.2, -0.15) is 0 Å². The molecule has 0 aromatic carbocycles. The summed E-state index contributed by atoms with van der Waals surface area (Å²) in [6, 6.07) is 0.237. The molecule has 4 saturated heterocycles. The first kappa shape index (κ1) is 16.3. The first-order valence-corrected chi connectivity index (χ1v) is 9.70. The molecule has 2 amide bonds. The number of amides is 2. The van der Waals surface area contributed by atoms with Crippen molar-refractivity contribution in [3.8, 4) is 0 Å². The fourth-order valence-electron chi connectivity index (χ4n) is 5.25. The molecule has 2 atom stereocenters. The van der Waals surface area contributed by atoms with Gasteiger partial charge >= 0.3 is 0 Å². The van der Waals surface area contributed by atoms with Gasteiger partial charge in [-0.3, -0.25) is 9.59 Å². The third kappa shape index (κ3) is 2.47. The Labute approximate surface area is 152 Å². The molecular formula is C19H25N3O4. The highest BCUT2D eigenvalue weighted by molar-refractivity contribution is 5.88. The molecule has 1 aromatic heterocycles. The van der Waals surface area contributed by atoms with E-state index in [0.717, 1.165) is 38.7 Å². The van der Waals surface area contributed by atoms with Crippen LogP contribution in [0, 0.1) is 12.8 Å². The second-order valence-electron chi connectivity index (χ2n) is 8.35. The zero-order chi connectivity index (χ0) is 17.9. The summed E-state index contributed by atoms with van der Waals surface area (Å²) in [7, 11) is 0. The fourth-order valence-corrected chi connectivity index (χ4v) is 5.25. The molecule has 0 N–H and O–H groups in total. The molecule has 140 valence electrons. The Bertz CT molecular complexity index is 719. The van der Waals surface area contributed by atoms with Gasteiger partial charge < -0.3 is 19.0 Å². The smallest absolute Gasteiger partial charge is 0.255 e. The molecule has 26 heavy (non-hydrogen) atoms. The maximum atomic E-state index is 13.2. The van der Waals surface area contributed by atoms with Crippen LogP contribution in [0.25, 0.3) is 0 Å². The van der Waals surface area contributed by atoms with Crippen LogP contribution in [0.15, 0.2) is 10.6 Å². The van der Waals surface area contributed by atoms with Crippen LogP contribution in [-0.4, -0.2) is 64.0 Å². The summed E-state index contributed by atoms with van der Waals surface area (Å²) in [4.78, 5) is 34.0. The molecule has 7 nitrogen and oxygen atoms in total. The van der Waals surface area contributed by atoms with E-state index in [1.165, 1.54) is 0 Å². The number of piperazine rings is 1. The summed E-state index contributed by atoms with van der Waals surface area (Å²) >= 11 is 0. The average Bonchev–Trinajstić information content (AvgIpc) is 3.28. The van der Waals surface area contributed by atoms with Gasteiger partial charge in [0.25, 0.3) is 5.91 Å². The molecule has 1 saturated carbocycles. The lowest BCUT2D eigenvalue weighted by Crippen LogP contribution is -2.67. The maximum absolute atomic E-state index is 13.2. The van der Waals surface area contributed by atoms with E-state index in [1.54, 1.807) is 13.1 Å². The van der Waals surface area contributed by atoms with E-state index in [1.807, 2.05) is 4.90 Å². The molecule has 5 aliphatic rings. The molecule has 1 aliphatic carbocycles. The number of piperidine rings is 1. The summed E-state index contributed by atoms with van der Waals surface area (Å²) in [5.74, 6) is 2.00. The second kappa shape index (κ2) is 5.81. The van der Waals surface area contributed by atoms with Crippen molar-refractivity contribution in [3.63, 3.8) is 0 Å². The topological polar surface area (TPSA) is 75.9 Å². The van der Waals surface area contributed by atoms with Crippen molar-refractivity contribution in [1.29, 1.82) is 0 Å². The van der Waals surface area contributed by atoms with Crippen LogP contribution in [0.3, 0.4) is 0 Å². The zero-order valence-electron chi connectivity index (χ0n) is 15.1. The van der Waals surface area contributed by atoms with Gasteiger partial charge in [0.05, 0.1) is 19.2 Å². The number of oxazole rings is 1. The van der Waals surface area contributed by atoms with E-state index < -0.39 is 5.60 Å². The number of aryl methyl sites for hydroxylation is 1. The van der Waals surface area contributed by atoms with Crippen molar-refractivity contribution < 1.29 is 18.7 Å².